The molecule has 184 valence electrons. The molecule has 1 aromatic rings. The van der Waals surface area contributed by atoms with Gasteiger partial charge in [-0.05, 0) is 69.6 Å². The number of carbonyl (C=O) groups excluding carboxylic acids is 2. The molecule has 0 radical (unpaired) electrons. The van der Waals surface area contributed by atoms with E-state index in [1.54, 1.807) is 26.2 Å². The topological polar surface area (TPSA) is 74.3 Å². The average Bonchev–Trinajstić information content (AvgIpc) is 2.83. The van der Waals surface area contributed by atoms with Crippen molar-refractivity contribution in [2.75, 3.05) is 27.9 Å². The van der Waals surface area contributed by atoms with Gasteiger partial charge in [-0.25, -0.2) is 4.79 Å². The van der Waals surface area contributed by atoms with Crippen LogP contribution in [0.4, 0.5) is 0 Å². The molecule has 33 heavy (non-hydrogen) atoms. The number of amides is 1. The van der Waals surface area contributed by atoms with Crippen molar-refractivity contribution in [1.29, 1.82) is 0 Å². The van der Waals surface area contributed by atoms with Crippen molar-refractivity contribution < 1.29 is 28.5 Å². The number of esters is 1. The standard InChI is InChI=1S/C26H39NO6/c1-17(2)33-26(29)20-13-9-10-14-27(20)25(28)23(18-11-7-6-8-12-18)19-15-21(30-3)24(32-5)22(16-19)31-4/h15-18,20,23H,6-14H2,1-5H3/t20?,23-/m0/s1. The summed E-state index contributed by atoms with van der Waals surface area (Å²) in [5, 5.41) is 0. The van der Waals surface area contributed by atoms with Gasteiger partial charge in [0.1, 0.15) is 6.04 Å². The van der Waals surface area contributed by atoms with Crippen LogP contribution in [0, 0.1) is 5.92 Å². The zero-order valence-corrected chi connectivity index (χ0v) is 20.7. The fourth-order valence-corrected chi connectivity index (χ4v) is 5.29. The number of piperidine rings is 1. The van der Waals surface area contributed by atoms with Gasteiger partial charge in [-0.3, -0.25) is 4.79 Å². The number of hydrogen-bond donors (Lipinski definition) is 0. The van der Waals surface area contributed by atoms with Gasteiger partial charge < -0.3 is 23.8 Å². The number of likely N-dealkylation sites (tertiary alicyclic amines) is 1. The van der Waals surface area contributed by atoms with Crippen LogP contribution in [-0.2, 0) is 14.3 Å². The molecular formula is C26H39NO6. The quantitative estimate of drug-likeness (QED) is 0.522. The molecule has 2 fully saturated rings. The normalized spacial score (nSPS) is 20.3. The summed E-state index contributed by atoms with van der Waals surface area (Å²) in [6, 6.07) is 3.26. The minimum atomic E-state index is -0.526. The Balaban J connectivity index is 2.02. The Morgan fingerprint density at radius 2 is 1.48 bits per heavy atom. The van der Waals surface area contributed by atoms with Gasteiger partial charge in [0.25, 0.3) is 0 Å². The van der Waals surface area contributed by atoms with Crippen molar-refractivity contribution in [3.63, 3.8) is 0 Å². The third-order valence-corrected chi connectivity index (χ3v) is 6.84. The van der Waals surface area contributed by atoms with E-state index in [0.717, 1.165) is 44.1 Å². The molecule has 0 N–H and O–H groups in total. The lowest BCUT2D eigenvalue weighted by Crippen LogP contribution is -2.51. The Morgan fingerprint density at radius 1 is 0.879 bits per heavy atom. The van der Waals surface area contributed by atoms with Crippen molar-refractivity contribution in [1.82, 2.24) is 4.90 Å². The third kappa shape index (κ3) is 5.74. The average molecular weight is 462 g/mol. The SMILES string of the molecule is COc1cc([C@@H](C(=O)N2CCCCC2C(=O)OC(C)C)C2CCCCC2)cc(OC)c1OC. The summed E-state index contributed by atoms with van der Waals surface area (Å²) >= 11 is 0. The predicted molar refractivity (Wildman–Crippen MR) is 126 cm³/mol. The fourth-order valence-electron chi connectivity index (χ4n) is 5.29. The lowest BCUT2D eigenvalue weighted by atomic mass is 9.75. The van der Waals surface area contributed by atoms with Crippen LogP contribution in [0.1, 0.15) is 76.7 Å². The molecule has 0 spiro atoms. The molecule has 1 saturated carbocycles. The van der Waals surface area contributed by atoms with Gasteiger partial charge in [0.2, 0.25) is 11.7 Å². The summed E-state index contributed by atoms with van der Waals surface area (Å²) < 4.78 is 22.2. The Kier molecular flexibility index (Phi) is 8.87. The molecule has 2 aliphatic rings. The van der Waals surface area contributed by atoms with Crippen molar-refractivity contribution in [3.05, 3.63) is 17.7 Å². The van der Waals surface area contributed by atoms with Gasteiger partial charge in [0.05, 0.1) is 33.4 Å². The molecule has 2 atom stereocenters. The number of benzene rings is 1. The van der Waals surface area contributed by atoms with Crippen molar-refractivity contribution >= 4 is 11.9 Å². The number of nitrogens with zero attached hydrogens (tertiary/aromatic N) is 1. The van der Waals surface area contributed by atoms with E-state index in [0.29, 0.717) is 30.2 Å². The van der Waals surface area contributed by atoms with Gasteiger partial charge in [-0.15, -0.1) is 0 Å². The minimum absolute atomic E-state index is 0.00146. The maximum absolute atomic E-state index is 14.2. The first-order valence-corrected chi connectivity index (χ1v) is 12.2. The summed E-state index contributed by atoms with van der Waals surface area (Å²) in [7, 11) is 4.74. The van der Waals surface area contributed by atoms with Crippen LogP contribution in [0.5, 0.6) is 17.2 Å². The second-order valence-electron chi connectivity index (χ2n) is 9.36. The van der Waals surface area contributed by atoms with E-state index >= 15 is 0 Å². The summed E-state index contributed by atoms with van der Waals surface area (Å²) in [6.07, 6.45) is 7.63. The van der Waals surface area contributed by atoms with Crippen molar-refractivity contribution in [2.24, 2.45) is 5.92 Å². The highest BCUT2D eigenvalue weighted by Gasteiger charge is 2.41. The van der Waals surface area contributed by atoms with E-state index in [2.05, 4.69) is 0 Å². The zero-order chi connectivity index (χ0) is 24.0. The van der Waals surface area contributed by atoms with Gasteiger partial charge in [0, 0.05) is 6.54 Å². The number of methoxy groups -OCH3 is 3. The molecule has 7 heteroatoms. The first-order chi connectivity index (χ1) is 15.9. The monoisotopic (exact) mass is 461 g/mol. The first kappa shape index (κ1) is 25.2. The summed E-state index contributed by atoms with van der Waals surface area (Å²) in [6.45, 7) is 4.26. The Bertz CT molecular complexity index is 792. The molecule has 1 aromatic carbocycles. The number of carbonyl (C=O) groups is 2. The third-order valence-electron chi connectivity index (χ3n) is 6.84. The molecule has 1 aliphatic heterocycles. The Hall–Kier alpha value is -2.44. The van der Waals surface area contributed by atoms with Crippen LogP contribution in [0.3, 0.4) is 0 Å². The fraction of sp³-hybridized carbons (Fsp3) is 0.692. The van der Waals surface area contributed by atoms with Crippen LogP contribution in [0.2, 0.25) is 0 Å². The van der Waals surface area contributed by atoms with Crippen LogP contribution in [0.15, 0.2) is 12.1 Å². The van der Waals surface area contributed by atoms with E-state index in [4.69, 9.17) is 18.9 Å². The zero-order valence-electron chi connectivity index (χ0n) is 20.7. The molecule has 1 heterocycles. The minimum Gasteiger partial charge on any atom is -0.493 e. The maximum atomic E-state index is 14.2. The van der Waals surface area contributed by atoms with Crippen molar-refractivity contribution in [3.8, 4) is 17.2 Å². The molecule has 7 nitrogen and oxygen atoms in total. The highest BCUT2D eigenvalue weighted by Crippen LogP contribution is 2.45. The van der Waals surface area contributed by atoms with E-state index in [1.807, 2.05) is 26.0 Å². The second-order valence-corrected chi connectivity index (χ2v) is 9.36. The summed E-state index contributed by atoms with van der Waals surface area (Å²) in [5.41, 5.74) is 0.850. The highest BCUT2D eigenvalue weighted by molar-refractivity contribution is 5.89. The summed E-state index contributed by atoms with van der Waals surface area (Å²) in [5.74, 6) is 1.12. The van der Waals surface area contributed by atoms with Gasteiger partial charge >= 0.3 is 5.97 Å². The maximum Gasteiger partial charge on any atom is 0.329 e. The highest BCUT2D eigenvalue weighted by atomic mass is 16.5. The molecule has 1 amide bonds. The number of ether oxygens (including phenoxy) is 4. The molecule has 1 saturated heterocycles. The van der Waals surface area contributed by atoms with E-state index in [9.17, 15) is 9.59 Å². The molecule has 0 bridgehead atoms. The molecule has 0 aromatic heterocycles. The van der Waals surface area contributed by atoms with Crippen LogP contribution < -0.4 is 14.2 Å². The van der Waals surface area contributed by atoms with E-state index in [-0.39, 0.29) is 29.8 Å². The molecular weight excluding hydrogens is 422 g/mol. The van der Waals surface area contributed by atoms with Gasteiger partial charge in [-0.1, -0.05) is 19.3 Å². The molecule has 3 rings (SSSR count). The number of hydrogen-bond acceptors (Lipinski definition) is 6. The van der Waals surface area contributed by atoms with E-state index < -0.39 is 6.04 Å². The summed E-state index contributed by atoms with van der Waals surface area (Å²) in [4.78, 5) is 28.8. The molecule has 1 unspecified atom stereocenters. The Labute approximate surface area is 197 Å². The Morgan fingerprint density at radius 3 is 2.03 bits per heavy atom. The smallest absolute Gasteiger partial charge is 0.329 e. The van der Waals surface area contributed by atoms with Gasteiger partial charge in [-0.2, -0.15) is 0 Å². The second kappa shape index (κ2) is 11.6. The van der Waals surface area contributed by atoms with Crippen LogP contribution >= 0.6 is 0 Å². The lowest BCUT2D eigenvalue weighted by molar-refractivity contribution is -0.161. The van der Waals surface area contributed by atoms with E-state index in [1.165, 1.54) is 6.42 Å². The number of rotatable bonds is 8. The van der Waals surface area contributed by atoms with Crippen LogP contribution in [0.25, 0.3) is 0 Å². The first-order valence-electron chi connectivity index (χ1n) is 12.2. The molecule has 1 aliphatic carbocycles. The van der Waals surface area contributed by atoms with Gasteiger partial charge in [0.15, 0.2) is 11.5 Å². The van der Waals surface area contributed by atoms with Crippen LogP contribution in [-0.4, -0.2) is 56.8 Å². The van der Waals surface area contributed by atoms with Crippen molar-refractivity contribution in [2.45, 2.75) is 83.3 Å². The lowest BCUT2D eigenvalue weighted by Gasteiger charge is -2.39. The largest absolute Gasteiger partial charge is 0.493 e. The predicted octanol–water partition coefficient (Wildman–Crippen LogP) is 4.71.